The van der Waals surface area contributed by atoms with Gasteiger partial charge in [-0.25, -0.2) is 4.98 Å². The summed E-state index contributed by atoms with van der Waals surface area (Å²) in [6.07, 6.45) is -2.96. The molecule has 1 N–H and O–H groups in total. The second-order valence-corrected chi connectivity index (χ2v) is 6.91. The summed E-state index contributed by atoms with van der Waals surface area (Å²) in [7, 11) is 1.53. The quantitative estimate of drug-likeness (QED) is 0.423. The minimum absolute atomic E-state index is 0.0481. The second kappa shape index (κ2) is 10.2. The van der Waals surface area contributed by atoms with Crippen LogP contribution in [0.3, 0.4) is 0 Å². The molecule has 0 amide bonds. The molecular formula is C23H25F3N4O2. The van der Waals surface area contributed by atoms with Crippen molar-refractivity contribution in [1.29, 1.82) is 0 Å². The molecule has 0 aliphatic carbocycles. The molecule has 9 heteroatoms. The Balaban J connectivity index is 1.88. The Kier molecular flexibility index (Phi) is 7.40. The fraction of sp³-hybridized carbons (Fsp3) is 0.304. The highest BCUT2D eigenvalue weighted by Gasteiger charge is 2.36. The van der Waals surface area contributed by atoms with Gasteiger partial charge in [0.05, 0.1) is 13.2 Å². The van der Waals surface area contributed by atoms with Crippen LogP contribution in [0.25, 0.3) is 0 Å². The highest BCUT2D eigenvalue weighted by atomic mass is 19.4. The van der Waals surface area contributed by atoms with Gasteiger partial charge in [0.2, 0.25) is 5.95 Å². The molecule has 170 valence electrons. The summed E-state index contributed by atoms with van der Waals surface area (Å²) >= 11 is 0. The Morgan fingerprint density at radius 2 is 1.56 bits per heavy atom. The second-order valence-electron chi connectivity index (χ2n) is 6.91. The molecule has 0 bridgehead atoms. The lowest BCUT2D eigenvalue weighted by atomic mass is 10.2. The fourth-order valence-electron chi connectivity index (χ4n) is 2.93. The fourth-order valence-corrected chi connectivity index (χ4v) is 2.93. The number of halogens is 3. The van der Waals surface area contributed by atoms with Gasteiger partial charge in [-0.3, -0.25) is 0 Å². The number of hydrogen-bond donors (Lipinski definition) is 1. The third-order valence-corrected chi connectivity index (χ3v) is 4.51. The van der Waals surface area contributed by atoms with E-state index in [0.717, 1.165) is 12.6 Å². The van der Waals surface area contributed by atoms with Crippen LogP contribution in [0.15, 0.2) is 54.7 Å². The van der Waals surface area contributed by atoms with Crippen molar-refractivity contribution in [2.75, 3.05) is 30.5 Å². The SMILES string of the molecule is CCCOc1ccc(N(C)c2nc(Nc3ccc(OCC)cc3)ncc2C(F)(F)F)cc1. The first-order valence-electron chi connectivity index (χ1n) is 10.2. The Bertz CT molecular complexity index is 1010. The van der Waals surface area contributed by atoms with E-state index in [0.29, 0.717) is 36.1 Å². The van der Waals surface area contributed by atoms with Crippen molar-refractivity contribution in [3.8, 4) is 11.5 Å². The summed E-state index contributed by atoms with van der Waals surface area (Å²) in [6.45, 7) is 4.98. The number of alkyl halides is 3. The van der Waals surface area contributed by atoms with Crippen molar-refractivity contribution in [1.82, 2.24) is 9.97 Å². The minimum Gasteiger partial charge on any atom is -0.494 e. The zero-order chi connectivity index (χ0) is 23.1. The summed E-state index contributed by atoms with van der Waals surface area (Å²) in [5, 5.41) is 2.94. The van der Waals surface area contributed by atoms with Gasteiger partial charge in [0, 0.05) is 24.6 Å². The largest absolute Gasteiger partial charge is 0.494 e. The molecule has 0 aliphatic rings. The average Bonchev–Trinajstić information content (AvgIpc) is 2.78. The van der Waals surface area contributed by atoms with E-state index in [1.165, 1.54) is 11.9 Å². The molecule has 0 aliphatic heterocycles. The molecule has 32 heavy (non-hydrogen) atoms. The van der Waals surface area contributed by atoms with E-state index < -0.39 is 11.7 Å². The van der Waals surface area contributed by atoms with Gasteiger partial charge in [0.15, 0.2) is 5.82 Å². The van der Waals surface area contributed by atoms with Gasteiger partial charge >= 0.3 is 6.18 Å². The maximum Gasteiger partial charge on any atom is 0.421 e. The van der Waals surface area contributed by atoms with Crippen LogP contribution in [0.2, 0.25) is 0 Å². The lowest BCUT2D eigenvalue weighted by molar-refractivity contribution is -0.137. The number of benzene rings is 2. The molecule has 0 radical (unpaired) electrons. The highest BCUT2D eigenvalue weighted by molar-refractivity contribution is 5.65. The van der Waals surface area contributed by atoms with Crippen LogP contribution in [0.4, 0.5) is 36.3 Å². The van der Waals surface area contributed by atoms with Gasteiger partial charge in [-0.15, -0.1) is 0 Å². The molecule has 0 spiro atoms. The van der Waals surface area contributed by atoms with E-state index in [1.807, 2.05) is 13.8 Å². The summed E-state index contributed by atoms with van der Waals surface area (Å²) < 4.78 is 51.9. The van der Waals surface area contributed by atoms with E-state index in [-0.39, 0.29) is 11.8 Å². The van der Waals surface area contributed by atoms with Crippen LogP contribution in [-0.2, 0) is 6.18 Å². The van der Waals surface area contributed by atoms with Gasteiger partial charge in [0.25, 0.3) is 0 Å². The van der Waals surface area contributed by atoms with E-state index in [4.69, 9.17) is 9.47 Å². The van der Waals surface area contributed by atoms with E-state index in [2.05, 4.69) is 15.3 Å². The first kappa shape index (κ1) is 23.2. The smallest absolute Gasteiger partial charge is 0.421 e. The van der Waals surface area contributed by atoms with Crippen LogP contribution in [0.1, 0.15) is 25.8 Å². The van der Waals surface area contributed by atoms with E-state index in [1.54, 1.807) is 48.5 Å². The summed E-state index contributed by atoms with van der Waals surface area (Å²) in [5.41, 5.74) is 0.229. The zero-order valence-electron chi connectivity index (χ0n) is 18.1. The van der Waals surface area contributed by atoms with Crippen LogP contribution in [-0.4, -0.2) is 30.2 Å². The van der Waals surface area contributed by atoms with Gasteiger partial charge in [-0.2, -0.15) is 18.2 Å². The van der Waals surface area contributed by atoms with Crippen LogP contribution in [0, 0.1) is 0 Å². The first-order chi connectivity index (χ1) is 15.3. The normalized spacial score (nSPS) is 11.2. The predicted molar refractivity (Wildman–Crippen MR) is 118 cm³/mol. The van der Waals surface area contributed by atoms with E-state index >= 15 is 0 Å². The van der Waals surface area contributed by atoms with Crippen LogP contribution < -0.4 is 19.7 Å². The Morgan fingerprint density at radius 3 is 2.16 bits per heavy atom. The van der Waals surface area contributed by atoms with Gasteiger partial charge in [-0.1, -0.05) is 6.92 Å². The maximum absolute atomic E-state index is 13.6. The molecule has 6 nitrogen and oxygen atoms in total. The molecule has 0 fully saturated rings. The number of hydrogen-bond acceptors (Lipinski definition) is 6. The molecule has 0 unspecified atom stereocenters. The molecule has 0 saturated carbocycles. The summed E-state index contributed by atoms with van der Waals surface area (Å²) in [5.74, 6) is 1.13. The number of rotatable bonds is 9. The lowest BCUT2D eigenvalue weighted by Gasteiger charge is -2.23. The summed E-state index contributed by atoms with van der Waals surface area (Å²) in [4.78, 5) is 9.40. The van der Waals surface area contributed by atoms with Crippen molar-refractivity contribution in [2.45, 2.75) is 26.4 Å². The number of nitrogens with zero attached hydrogens (tertiary/aromatic N) is 3. The Hall–Kier alpha value is -3.49. The summed E-state index contributed by atoms with van der Waals surface area (Å²) in [6, 6.07) is 13.8. The van der Waals surface area contributed by atoms with Gasteiger partial charge < -0.3 is 19.7 Å². The minimum atomic E-state index is -4.61. The van der Waals surface area contributed by atoms with Crippen molar-refractivity contribution in [2.24, 2.45) is 0 Å². The first-order valence-corrected chi connectivity index (χ1v) is 10.2. The molecule has 0 saturated heterocycles. The van der Waals surface area contributed by atoms with Crippen molar-refractivity contribution < 1.29 is 22.6 Å². The molecule has 1 heterocycles. The zero-order valence-corrected chi connectivity index (χ0v) is 18.1. The molecule has 3 aromatic rings. The lowest BCUT2D eigenvalue weighted by Crippen LogP contribution is -2.19. The highest BCUT2D eigenvalue weighted by Crippen LogP contribution is 2.38. The maximum atomic E-state index is 13.6. The standard InChI is InChI=1S/C23H25F3N4O2/c1-4-14-32-19-12-8-17(9-13-19)30(3)21-20(23(24,25)26)15-27-22(29-21)28-16-6-10-18(11-7-16)31-5-2/h6-13,15H,4-5,14H2,1-3H3,(H,27,28,29). The topological polar surface area (TPSA) is 59.5 Å². The Morgan fingerprint density at radius 1 is 0.938 bits per heavy atom. The third-order valence-electron chi connectivity index (χ3n) is 4.51. The molecule has 0 atom stereocenters. The van der Waals surface area contributed by atoms with Gasteiger partial charge in [0.1, 0.15) is 17.1 Å². The van der Waals surface area contributed by atoms with Crippen molar-refractivity contribution >= 4 is 23.1 Å². The monoisotopic (exact) mass is 446 g/mol. The van der Waals surface area contributed by atoms with Crippen molar-refractivity contribution in [3.63, 3.8) is 0 Å². The van der Waals surface area contributed by atoms with Crippen LogP contribution in [0.5, 0.6) is 11.5 Å². The number of nitrogens with one attached hydrogen (secondary N) is 1. The number of ether oxygens (including phenoxy) is 2. The Labute approximate surface area is 185 Å². The third kappa shape index (κ3) is 5.81. The number of anilines is 4. The predicted octanol–water partition coefficient (Wildman–Crippen LogP) is 6.19. The molecule has 3 rings (SSSR count). The molecule has 2 aromatic carbocycles. The van der Waals surface area contributed by atoms with Crippen LogP contribution >= 0.6 is 0 Å². The average molecular weight is 446 g/mol. The number of aromatic nitrogens is 2. The van der Waals surface area contributed by atoms with E-state index in [9.17, 15) is 13.2 Å². The molecular weight excluding hydrogens is 421 g/mol. The molecule has 1 aromatic heterocycles. The van der Waals surface area contributed by atoms with Crippen molar-refractivity contribution in [3.05, 3.63) is 60.3 Å². The van der Waals surface area contributed by atoms with Gasteiger partial charge in [-0.05, 0) is 61.9 Å².